The largest absolute Gasteiger partial charge is 0.507 e. The number of unbranched alkanes of at least 4 members (excludes halogenated alkanes) is 10. The molecule has 0 bridgehead atoms. The average molecular weight is 487 g/mol. The van der Waals surface area contributed by atoms with Crippen LogP contribution in [0.5, 0.6) is 23.0 Å². The van der Waals surface area contributed by atoms with Crippen molar-refractivity contribution in [3.8, 4) is 23.0 Å². The van der Waals surface area contributed by atoms with Crippen LogP contribution in [0, 0.1) is 0 Å². The van der Waals surface area contributed by atoms with Gasteiger partial charge in [0.05, 0.1) is 24.3 Å². The summed E-state index contributed by atoms with van der Waals surface area (Å²) in [5.74, 6) is 0.839. The molecule has 0 radical (unpaired) electrons. The molecule has 5 nitrogen and oxygen atoms in total. The first-order valence-corrected chi connectivity index (χ1v) is 13.6. The summed E-state index contributed by atoms with van der Waals surface area (Å²) >= 11 is 0. The van der Waals surface area contributed by atoms with Crippen molar-refractivity contribution < 1.29 is 25.2 Å². The minimum Gasteiger partial charge on any atom is -0.507 e. The summed E-state index contributed by atoms with van der Waals surface area (Å²) in [6.45, 7) is 3.70. The van der Waals surface area contributed by atoms with E-state index in [0.717, 1.165) is 49.7 Å². The maximum Gasteiger partial charge on any atom is 0.139 e. The Morgan fingerprint density at radius 1 is 0.543 bits per heavy atom. The van der Waals surface area contributed by atoms with Gasteiger partial charge >= 0.3 is 0 Å². The van der Waals surface area contributed by atoms with Crippen LogP contribution in [-0.4, -0.2) is 20.4 Å². The summed E-state index contributed by atoms with van der Waals surface area (Å²) < 4.78 is 6.40. The van der Waals surface area contributed by atoms with Crippen molar-refractivity contribution in [2.45, 2.75) is 117 Å². The van der Waals surface area contributed by atoms with Crippen LogP contribution in [-0.2, 0) is 26.1 Å². The fourth-order valence-electron chi connectivity index (χ4n) is 4.58. The number of rotatable bonds is 18. The lowest BCUT2D eigenvalue weighted by Gasteiger charge is -2.20. The van der Waals surface area contributed by atoms with Gasteiger partial charge in [0.2, 0.25) is 0 Å². The van der Waals surface area contributed by atoms with E-state index in [2.05, 4.69) is 13.8 Å². The summed E-state index contributed by atoms with van der Waals surface area (Å²) in [5.41, 5.74) is 2.51. The molecule has 0 aliphatic heterocycles. The summed E-state index contributed by atoms with van der Waals surface area (Å²) in [6.07, 6.45) is 15.6. The normalized spacial score (nSPS) is 11.2. The molecule has 0 aromatic heterocycles. The molecule has 0 aliphatic carbocycles. The third-order valence-electron chi connectivity index (χ3n) is 6.75. The van der Waals surface area contributed by atoms with Gasteiger partial charge in [-0.1, -0.05) is 90.2 Å². The summed E-state index contributed by atoms with van der Waals surface area (Å²) in [6, 6.07) is 6.92. The predicted octanol–water partition coefficient (Wildman–Crippen LogP) is 7.68. The second-order valence-corrected chi connectivity index (χ2v) is 9.56. The number of benzene rings is 2. The van der Waals surface area contributed by atoms with Crippen molar-refractivity contribution in [2.75, 3.05) is 0 Å². The zero-order chi connectivity index (χ0) is 25.5. The Hall–Kier alpha value is -2.24. The molecule has 5 heteroatoms. The van der Waals surface area contributed by atoms with E-state index in [4.69, 9.17) is 4.74 Å². The Morgan fingerprint density at radius 3 is 1.29 bits per heavy atom. The van der Waals surface area contributed by atoms with Gasteiger partial charge in [0.15, 0.2) is 0 Å². The van der Waals surface area contributed by atoms with Gasteiger partial charge in [0.25, 0.3) is 0 Å². The van der Waals surface area contributed by atoms with Crippen molar-refractivity contribution in [3.63, 3.8) is 0 Å². The molecule has 0 atom stereocenters. The molecular formula is C30H46O5. The van der Waals surface area contributed by atoms with Crippen molar-refractivity contribution in [1.82, 2.24) is 0 Å². The van der Waals surface area contributed by atoms with Crippen LogP contribution in [0.4, 0.5) is 0 Å². The van der Waals surface area contributed by atoms with Crippen LogP contribution in [0.1, 0.15) is 113 Å². The van der Waals surface area contributed by atoms with E-state index in [-0.39, 0.29) is 24.7 Å². The highest BCUT2D eigenvalue weighted by atomic mass is 16.5. The number of aryl methyl sites for hydroxylation is 2. The minimum atomic E-state index is -0.356. The molecule has 0 unspecified atom stereocenters. The van der Waals surface area contributed by atoms with E-state index in [1.54, 1.807) is 12.1 Å². The first kappa shape index (κ1) is 29.0. The molecule has 0 spiro atoms. The van der Waals surface area contributed by atoms with Crippen molar-refractivity contribution in [2.24, 2.45) is 0 Å². The quantitative estimate of drug-likeness (QED) is 0.162. The highest BCUT2D eigenvalue weighted by Crippen LogP contribution is 2.41. The van der Waals surface area contributed by atoms with Crippen molar-refractivity contribution >= 4 is 0 Å². The lowest BCUT2D eigenvalue weighted by Crippen LogP contribution is -2.03. The zero-order valence-electron chi connectivity index (χ0n) is 21.8. The molecule has 0 saturated heterocycles. The highest BCUT2D eigenvalue weighted by molar-refractivity contribution is 5.55. The maximum absolute atomic E-state index is 10.4. The van der Waals surface area contributed by atoms with E-state index in [9.17, 15) is 20.4 Å². The summed E-state index contributed by atoms with van der Waals surface area (Å²) in [5, 5.41) is 40.9. The summed E-state index contributed by atoms with van der Waals surface area (Å²) in [7, 11) is 0. The van der Waals surface area contributed by atoms with Crippen LogP contribution in [0.3, 0.4) is 0 Å². The van der Waals surface area contributed by atoms with Crippen LogP contribution >= 0.6 is 0 Å². The number of aromatic hydroxyl groups is 2. The number of ether oxygens (including phenoxy) is 1. The van der Waals surface area contributed by atoms with Crippen LogP contribution in [0.15, 0.2) is 24.3 Å². The molecule has 196 valence electrons. The Kier molecular flexibility index (Phi) is 13.6. The maximum atomic E-state index is 10.4. The molecule has 0 fully saturated rings. The smallest absolute Gasteiger partial charge is 0.139 e. The molecule has 0 amide bonds. The van der Waals surface area contributed by atoms with Crippen LogP contribution in [0.2, 0.25) is 0 Å². The van der Waals surface area contributed by atoms with Gasteiger partial charge in [-0.2, -0.15) is 0 Å². The van der Waals surface area contributed by atoms with Crippen molar-refractivity contribution in [3.05, 3.63) is 46.5 Å². The number of phenols is 2. The molecular weight excluding hydrogens is 440 g/mol. The summed E-state index contributed by atoms with van der Waals surface area (Å²) in [4.78, 5) is 0. The van der Waals surface area contributed by atoms with Crippen LogP contribution < -0.4 is 4.74 Å². The lowest BCUT2D eigenvalue weighted by atomic mass is 9.99. The number of aliphatic hydroxyl groups excluding tert-OH is 2. The number of hydrogen-bond donors (Lipinski definition) is 4. The van der Waals surface area contributed by atoms with Gasteiger partial charge in [-0.25, -0.2) is 0 Å². The SMILES string of the molecule is CCCCCCCCc1ccc(O)c(CO)c1Oc1c(CCCCCCCC)ccc(O)c1CO. The van der Waals surface area contributed by atoms with Gasteiger partial charge < -0.3 is 25.2 Å². The van der Waals surface area contributed by atoms with E-state index >= 15 is 0 Å². The molecule has 2 rings (SSSR count). The van der Waals surface area contributed by atoms with Gasteiger partial charge in [-0.15, -0.1) is 0 Å². The molecule has 35 heavy (non-hydrogen) atoms. The molecule has 4 N–H and O–H groups in total. The van der Waals surface area contributed by atoms with E-state index in [0.29, 0.717) is 22.6 Å². The molecule has 2 aromatic rings. The second-order valence-electron chi connectivity index (χ2n) is 9.56. The lowest BCUT2D eigenvalue weighted by molar-refractivity contribution is 0.262. The van der Waals surface area contributed by atoms with Crippen molar-refractivity contribution in [1.29, 1.82) is 0 Å². The zero-order valence-corrected chi connectivity index (χ0v) is 21.8. The minimum absolute atomic E-state index is 0.0163. The van der Waals surface area contributed by atoms with Crippen LogP contribution in [0.25, 0.3) is 0 Å². The fourth-order valence-corrected chi connectivity index (χ4v) is 4.58. The average Bonchev–Trinajstić information content (AvgIpc) is 2.86. The topological polar surface area (TPSA) is 90.2 Å². The Morgan fingerprint density at radius 2 is 0.914 bits per heavy atom. The predicted molar refractivity (Wildman–Crippen MR) is 142 cm³/mol. The first-order chi connectivity index (χ1) is 17.1. The van der Waals surface area contributed by atoms with E-state index in [1.165, 1.54) is 51.4 Å². The Labute approximate surface area is 211 Å². The third kappa shape index (κ3) is 9.05. The van der Waals surface area contributed by atoms with Gasteiger partial charge in [0, 0.05) is 0 Å². The molecule has 0 saturated carbocycles. The second kappa shape index (κ2) is 16.4. The molecule has 0 heterocycles. The first-order valence-electron chi connectivity index (χ1n) is 13.6. The van der Waals surface area contributed by atoms with Gasteiger partial charge in [0.1, 0.15) is 23.0 Å². The van der Waals surface area contributed by atoms with E-state index < -0.39 is 0 Å². The van der Waals surface area contributed by atoms with Gasteiger partial charge in [-0.3, -0.25) is 0 Å². The molecule has 0 aliphatic rings. The molecule has 2 aromatic carbocycles. The Bertz CT molecular complexity index is 806. The number of aliphatic hydroxyl groups is 2. The standard InChI is InChI=1S/C30H46O5/c1-3-5-7-9-11-13-15-23-17-19-27(33)25(21-31)29(23)35-30-24(16-14-12-10-8-6-4-2)18-20-28(34)26(30)22-32/h17-20,31-34H,3-16,21-22H2,1-2H3. The van der Waals surface area contributed by atoms with E-state index in [1.807, 2.05) is 12.1 Å². The monoisotopic (exact) mass is 486 g/mol. The fraction of sp³-hybridized carbons (Fsp3) is 0.600. The highest BCUT2D eigenvalue weighted by Gasteiger charge is 2.20. The Balaban J connectivity index is 2.27. The van der Waals surface area contributed by atoms with Gasteiger partial charge in [-0.05, 0) is 48.9 Å². The number of hydrogen-bond acceptors (Lipinski definition) is 5. The third-order valence-corrected chi connectivity index (χ3v) is 6.75.